The third kappa shape index (κ3) is 5.11. The van der Waals surface area contributed by atoms with Gasteiger partial charge in [0.25, 0.3) is 0 Å². The molecular formula is C25H26ClN5O4S. The van der Waals surface area contributed by atoms with E-state index < -0.39 is 0 Å². The van der Waals surface area contributed by atoms with E-state index in [-0.39, 0.29) is 9.92 Å². The van der Waals surface area contributed by atoms with E-state index in [1.807, 2.05) is 40.4 Å². The van der Waals surface area contributed by atoms with Crippen LogP contribution in [0.4, 0.5) is 10.7 Å². The molecule has 1 aliphatic rings. The Hall–Kier alpha value is -3.34. The number of pyridine rings is 1. The van der Waals surface area contributed by atoms with Crippen molar-refractivity contribution in [3.05, 3.63) is 68.8 Å². The first-order valence-corrected chi connectivity index (χ1v) is 12.8. The number of hydrogen-bond donors (Lipinski definition) is 1. The Morgan fingerprint density at radius 2 is 1.97 bits per heavy atom. The Labute approximate surface area is 217 Å². The van der Waals surface area contributed by atoms with Crippen LogP contribution < -0.4 is 14.8 Å². The first-order chi connectivity index (χ1) is 17.4. The molecule has 188 valence electrons. The molecular weight excluding hydrogens is 502 g/mol. The zero-order valence-electron chi connectivity index (χ0n) is 19.9. The van der Waals surface area contributed by atoms with Crippen LogP contribution in [0.1, 0.15) is 18.4 Å². The Morgan fingerprint density at radius 1 is 1.19 bits per heavy atom. The number of halogens is 1. The van der Waals surface area contributed by atoms with Crippen LogP contribution in [0.15, 0.2) is 48.1 Å². The minimum atomic E-state index is -0.327. The highest BCUT2D eigenvalue weighted by Gasteiger charge is 2.21. The van der Waals surface area contributed by atoms with Crippen LogP contribution in [-0.4, -0.2) is 52.6 Å². The molecule has 0 saturated carbocycles. The zero-order valence-corrected chi connectivity index (χ0v) is 21.5. The lowest BCUT2D eigenvalue weighted by Crippen LogP contribution is -2.38. The molecule has 0 bridgehead atoms. The van der Waals surface area contributed by atoms with Gasteiger partial charge in [0.1, 0.15) is 17.1 Å². The van der Waals surface area contributed by atoms with Crippen LogP contribution in [0.25, 0.3) is 16.9 Å². The van der Waals surface area contributed by atoms with Crippen molar-refractivity contribution in [2.45, 2.75) is 25.4 Å². The number of fused-ring (bicyclic) bond motifs is 1. The molecule has 0 spiro atoms. The predicted octanol–water partition coefficient (Wildman–Crippen LogP) is 5.72. The summed E-state index contributed by atoms with van der Waals surface area (Å²) in [7, 11) is 3.18. The molecule has 4 heterocycles. The number of nitro groups is 1. The van der Waals surface area contributed by atoms with E-state index in [0.717, 1.165) is 60.6 Å². The largest absolute Gasteiger partial charge is 0.496 e. The number of aromatic nitrogens is 2. The van der Waals surface area contributed by atoms with Crippen molar-refractivity contribution in [3.8, 4) is 22.8 Å². The first kappa shape index (κ1) is 24.4. The van der Waals surface area contributed by atoms with E-state index in [9.17, 15) is 10.1 Å². The number of piperidine rings is 1. The summed E-state index contributed by atoms with van der Waals surface area (Å²) in [5.41, 5.74) is 4.40. The van der Waals surface area contributed by atoms with Gasteiger partial charge in [0, 0.05) is 72.9 Å². The number of methoxy groups -OCH3 is 2. The number of hydrogen-bond acceptors (Lipinski definition) is 8. The van der Waals surface area contributed by atoms with Crippen molar-refractivity contribution in [3.63, 3.8) is 0 Å². The molecule has 1 fully saturated rings. The number of anilines is 1. The van der Waals surface area contributed by atoms with Gasteiger partial charge in [-0.25, -0.2) is 4.98 Å². The van der Waals surface area contributed by atoms with E-state index in [4.69, 9.17) is 26.1 Å². The van der Waals surface area contributed by atoms with Gasteiger partial charge in [-0.15, -0.1) is 0 Å². The lowest BCUT2D eigenvalue weighted by Gasteiger charge is -2.32. The SMILES string of the molecule is COc1cc(OC)c(-c2cn3ccc(NC4CCN(Cc5csc([N+](=O)[O-])c5)CC4)cc3n2)cc1Cl. The molecule has 1 saturated heterocycles. The Bertz CT molecular complexity index is 1400. The highest BCUT2D eigenvalue weighted by molar-refractivity contribution is 7.13. The monoisotopic (exact) mass is 527 g/mol. The Kier molecular flexibility index (Phi) is 6.99. The topological polar surface area (TPSA) is 94.2 Å². The van der Waals surface area contributed by atoms with E-state index in [1.54, 1.807) is 26.4 Å². The summed E-state index contributed by atoms with van der Waals surface area (Å²) in [6.07, 6.45) is 5.94. The van der Waals surface area contributed by atoms with Gasteiger partial charge in [0.15, 0.2) is 0 Å². The first-order valence-electron chi connectivity index (χ1n) is 11.5. The van der Waals surface area contributed by atoms with Gasteiger partial charge in [-0.05, 0) is 30.5 Å². The number of likely N-dealkylation sites (tertiary alicyclic amines) is 1. The summed E-state index contributed by atoms with van der Waals surface area (Å²) in [6, 6.07) is 9.70. The number of ether oxygens (including phenoxy) is 2. The van der Waals surface area contributed by atoms with E-state index in [2.05, 4.69) is 10.2 Å². The van der Waals surface area contributed by atoms with Crippen molar-refractivity contribution in [1.82, 2.24) is 14.3 Å². The molecule has 0 aliphatic carbocycles. The molecule has 9 nitrogen and oxygen atoms in total. The van der Waals surface area contributed by atoms with Crippen LogP contribution in [0.2, 0.25) is 5.02 Å². The fourth-order valence-corrected chi connectivity index (χ4v) is 5.49. The molecule has 0 amide bonds. The van der Waals surface area contributed by atoms with Crippen molar-refractivity contribution in [1.29, 1.82) is 0 Å². The molecule has 11 heteroatoms. The third-order valence-electron chi connectivity index (χ3n) is 6.39. The minimum absolute atomic E-state index is 0.202. The van der Waals surface area contributed by atoms with Gasteiger partial charge in [-0.1, -0.05) is 22.9 Å². The van der Waals surface area contributed by atoms with E-state index >= 15 is 0 Å². The maximum absolute atomic E-state index is 10.9. The molecule has 0 radical (unpaired) electrons. The smallest absolute Gasteiger partial charge is 0.324 e. The molecule has 1 aromatic carbocycles. The number of nitrogens with zero attached hydrogens (tertiary/aromatic N) is 4. The van der Waals surface area contributed by atoms with Crippen molar-refractivity contribution >= 4 is 39.3 Å². The minimum Gasteiger partial charge on any atom is -0.496 e. The van der Waals surface area contributed by atoms with Gasteiger partial charge in [-0.2, -0.15) is 0 Å². The molecule has 1 aliphatic heterocycles. The maximum Gasteiger partial charge on any atom is 0.324 e. The van der Waals surface area contributed by atoms with Crippen LogP contribution in [0.3, 0.4) is 0 Å². The van der Waals surface area contributed by atoms with Gasteiger partial charge in [0.2, 0.25) is 0 Å². The van der Waals surface area contributed by atoms with Crippen LogP contribution >= 0.6 is 22.9 Å². The molecule has 5 rings (SSSR count). The molecule has 1 N–H and O–H groups in total. The summed E-state index contributed by atoms with van der Waals surface area (Å²) in [6.45, 7) is 2.63. The zero-order chi connectivity index (χ0) is 25.2. The van der Waals surface area contributed by atoms with Crippen LogP contribution in [0, 0.1) is 10.1 Å². The Morgan fingerprint density at radius 3 is 2.67 bits per heavy atom. The van der Waals surface area contributed by atoms with Crippen LogP contribution in [-0.2, 0) is 6.54 Å². The second-order valence-corrected chi connectivity index (χ2v) is 10.0. The molecule has 4 aromatic rings. The summed E-state index contributed by atoms with van der Waals surface area (Å²) in [5.74, 6) is 1.19. The molecule has 0 atom stereocenters. The highest BCUT2D eigenvalue weighted by atomic mass is 35.5. The van der Waals surface area contributed by atoms with Gasteiger partial charge in [-0.3, -0.25) is 15.0 Å². The quantitative estimate of drug-likeness (QED) is 0.231. The van der Waals surface area contributed by atoms with Crippen molar-refractivity contribution in [2.24, 2.45) is 0 Å². The lowest BCUT2D eigenvalue weighted by molar-refractivity contribution is -0.380. The average Bonchev–Trinajstić information content (AvgIpc) is 3.52. The number of benzene rings is 1. The summed E-state index contributed by atoms with van der Waals surface area (Å²) >= 11 is 7.54. The van der Waals surface area contributed by atoms with Gasteiger partial charge in [0.05, 0.1) is 29.9 Å². The summed E-state index contributed by atoms with van der Waals surface area (Å²) < 4.78 is 12.8. The highest BCUT2D eigenvalue weighted by Crippen LogP contribution is 2.38. The second-order valence-electron chi connectivity index (χ2n) is 8.74. The number of nitrogens with one attached hydrogen (secondary N) is 1. The number of thiophene rings is 1. The second kappa shape index (κ2) is 10.3. The maximum atomic E-state index is 10.9. The third-order valence-corrected chi connectivity index (χ3v) is 7.62. The standard InChI is InChI=1S/C25H26ClN5O4S/c1-34-22-12-23(35-2)20(26)11-19(22)21-14-30-8-5-18(10-24(30)28-21)27-17-3-6-29(7-4-17)13-16-9-25(31(32)33)36-15-16/h5,8-12,14-15,17,27H,3-4,6-7,13H2,1-2H3. The predicted molar refractivity (Wildman–Crippen MR) is 142 cm³/mol. The lowest BCUT2D eigenvalue weighted by atomic mass is 10.0. The molecule has 36 heavy (non-hydrogen) atoms. The Balaban J connectivity index is 1.24. The van der Waals surface area contributed by atoms with Crippen molar-refractivity contribution in [2.75, 3.05) is 32.6 Å². The summed E-state index contributed by atoms with van der Waals surface area (Å²) in [5, 5.41) is 17.1. The fraction of sp³-hybridized carbons (Fsp3) is 0.320. The fourth-order valence-electron chi connectivity index (χ4n) is 4.53. The van der Waals surface area contributed by atoms with Crippen molar-refractivity contribution < 1.29 is 14.4 Å². The van der Waals surface area contributed by atoms with Gasteiger partial charge >= 0.3 is 5.00 Å². The van der Waals surface area contributed by atoms with Gasteiger partial charge < -0.3 is 19.2 Å². The number of imidazole rings is 1. The van der Waals surface area contributed by atoms with E-state index in [1.165, 1.54) is 11.3 Å². The normalized spacial score (nSPS) is 14.8. The van der Waals surface area contributed by atoms with E-state index in [0.29, 0.717) is 22.6 Å². The summed E-state index contributed by atoms with van der Waals surface area (Å²) in [4.78, 5) is 17.7. The average molecular weight is 528 g/mol. The number of rotatable bonds is 8. The molecule has 0 unspecified atom stereocenters. The van der Waals surface area contributed by atoms with Crippen LogP contribution in [0.5, 0.6) is 11.5 Å². The molecule has 3 aromatic heterocycles.